The molecular weight excluding hydrogens is 521 g/mol. The number of hydrogen-bond acceptors (Lipinski definition) is 3. The number of hydrogen-bond donors (Lipinski definition) is 0. The third-order valence-electron chi connectivity index (χ3n) is 7.02. The van der Waals surface area contributed by atoms with E-state index in [1.165, 1.54) is 0 Å². The van der Waals surface area contributed by atoms with Gasteiger partial charge >= 0.3 is 10.1 Å². The van der Waals surface area contributed by atoms with Crippen molar-refractivity contribution in [1.29, 1.82) is 0 Å². The zero-order valence-electron chi connectivity index (χ0n) is 24.0. The van der Waals surface area contributed by atoms with Crippen LogP contribution in [0.15, 0.2) is 117 Å². The Morgan fingerprint density at radius 2 is 0.974 bits per heavy atom. The van der Waals surface area contributed by atoms with Gasteiger partial charge in [-0.05, 0) is 88.1 Å². The molecule has 4 aromatic carbocycles. The van der Waals surface area contributed by atoms with Gasteiger partial charge in [0.05, 0.1) is 0 Å². The van der Waals surface area contributed by atoms with Crippen LogP contribution in [0.5, 0.6) is 0 Å². The largest absolute Gasteiger partial charge is 0.307 e. The van der Waals surface area contributed by atoms with Crippen molar-refractivity contribution < 1.29 is 12.0 Å². The fourth-order valence-corrected chi connectivity index (χ4v) is 10.7. The lowest BCUT2D eigenvalue weighted by atomic mass is 9.89. The van der Waals surface area contributed by atoms with Gasteiger partial charge in [0.25, 0.3) is 0 Å². The molecule has 0 heterocycles. The molecule has 0 aliphatic carbocycles. The first-order chi connectivity index (χ1) is 18.5. The number of aryl methyl sites for hydroxylation is 1. The quantitative estimate of drug-likeness (QED) is 0.205. The van der Waals surface area contributed by atoms with Gasteiger partial charge in [-0.25, -0.2) is 3.63 Å². The van der Waals surface area contributed by atoms with Crippen LogP contribution in [0.3, 0.4) is 0 Å². The molecule has 5 heteroatoms. The minimum absolute atomic E-state index is 0.00630. The fraction of sp³-hybridized carbons (Fsp3) is 0.294. The zero-order valence-corrected chi connectivity index (χ0v) is 25.6. The van der Waals surface area contributed by atoms with E-state index in [2.05, 4.69) is 53.7 Å². The number of benzene rings is 4. The molecule has 0 saturated carbocycles. The van der Waals surface area contributed by atoms with Crippen molar-refractivity contribution >= 4 is 20.4 Å². The molecule has 4 aromatic rings. The summed E-state index contributed by atoms with van der Waals surface area (Å²) in [5, 5.41) is 0. The van der Waals surface area contributed by atoms with Crippen molar-refractivity contribution in [1.82, 2.24) is 0 Å². The lowest BCUT2D eigenvalue weighted by Gasteiger charge is -2.40. The van der Waals surface area contributed by atoms with Gasteiger partial charge in [-0.1, -0.05) is 108 Å². The second kappa shape index (κ2) is 11.7. The maximum atomic E-state index is 14.8. The van der Waals surface area contributed by atoms with E-state index in [0.717, 1.165) is 36.9 Å². The van der Waals surface area contributed by atoms with Crippen LogP contribution in [-0.4, -0.2) is 8.42 Å². The Morgan fingerprint density at radius 1 is 0.564 bits per heavy atom. The smallest absolute Gasteiger partial charge is 0.203 e. The molecule has 0 atom stereocenters. The Labute approximate surface area is 236 Å². The Morgan fingerprint density at radius 3 is 1.36 bits per heavy atom. The van der Waals surface area contributed by atoms with Gasteiger partial charge in [0.2, 0.25) is 0 Å². The summed E-state index contributed by atoms with van der Waals surface area (Å²) in [5.41, 5.74) is 3.86. The fourth-order valence-electron chi connectivity index (χ4n) is 4.83. The Bertz CT molecular complexity index is 1440. The highest BCUT2D eigenvalue weighted by atomic mass is 32.3. The standard InChI is InChI=1S/C34H40O3S2/c1-24(2)28-22-32(25(3)4)34(33(23-28)26(5)6)39(35,36)37-38(29-14-10-8-11-15-29,30-16-12-9-13-17-30)31-20-18-27(7)19-21-31/h8-26H,1-7H3. The molecule has 0 aromatic heterocycles. The Kier molecular flexibility index (Phi) is 8.75. The van der Waals surface area contributed by atoms with Crippen LogP contribution in [0.25, 0.3) is 0 Å². The van der Waals surface area contributed by atoms with Crippen molar-refractivity contribution in [2.45, 2.75) is 85.8 Å². The third-order valence-corrected chi connectivity index (χ3v) is 12.3. The van der Waals surface area contributed by atoms with E-state index in [9.17, 15) is 8.42 Å². The molecule has 0 fully saturated rings. The molecule has 0 bridgehead atoms. The molecule has 0 aliphatic rings. The first-order valence-corrected chi connectivity index (χ1v) is 16.6. The van der Waals surface area contributed by atoms with Crippen molar-refractivity contribution in [3.63, 3.8) is 0 Å². The molecule has 0 saturated heterocycles. The Balaban J connectivity index is 2.08. The molecule has 0 spiro atoms. The van der Waals surface area contributed by atoms with E-state index in [-0.39, 0.29) is 17.8 Å². The summed E-state index contributed by atoms with van der Waals surface area (Å²) in [6.45, 7) is 14.5. The molecule has 39 heavy (non-hydrogen) atoms. The summed E-state index contributed by atoms with van der Waals surface area (Å²) < 4.78 is 36.3. The highest BCUT2D eigenvalue weighted by Crippen LogP contribution is 2.70. The van der Waals surface area contributed by atoms with Crippen LogP contribution in [0, 0.1) is 6.92 Å². The highest BCUT2D eigenvalue weighted by molar-refractivity contribution is 8.33. The summed E-state index contributed by atoms with van der Waals surface area (Å²) in [6.07, 6.45) is 0. The van der Waals surface area contributed by atoms with Gasteiger partial charge in [-0.3, -0.25) is 0 Å². The summed E-state index contributed by atoms with van der Waals surface area (Å²) in [6, 6.07) is 31.8. The van der Waals surface area contributed by atoms with E-state index in [0.29, 0.717) is 4.90 Å². The minimum Gasteiger partial charge on any atom is -0.203 e. The summed E-state index contributed by atoms with van der Waals surface area (Å²) in [7, 11) is -6.88. The van der Waals surface area contributed by atoms with Crippen LogP contribution >= 0.6 is 10.3 Å². The van der Waals surface area contributed by atoms with Crippen LogP contribution in [0.1, 0.15) is 81.5 Å². The van der Waals surface area contributed by atoms with Crippen molar-refractivity contribution in [2.24, 2.45) is 0 Å². The lowest BCUT2D eigenvalue weighted by Crippen LogP contribution is -2.18. The molecule has 0 N–H and O–H groups in total. The second-order valence-electron chi connectivity index (χ2n) is 11.0. The van der Waals surface area contributed by atoms with Gasteiger partial charge in [-0.15, -0.1) is 0 Å². The molecule has 3 nitrogen and oxygen atoms in total. The molecule has 0 amide bonds. The average Bonchev–Trinajstić information content (AvgIpc) is 2.92. The van der Waals surface area contributed by atoms with E-state index in [1.807, 2.05) is 91.9 Å². The topological polar surface area (TPSA) is 43.4 Å². The van der Waals surface area contributed by atoms with Gasteiger partial charge in [0, 0.05) is 14.7 Å². The molecule has 206 valence electrons. The number of rotatable bonds is 9. The first-order valence-electron chi connectivity index (χ1n) is 13.6. The maximum absolute atomic E-state index is 14.8. The molecule has 0 aliphatic heterocycles. The lowest BCUT2D eigenvalue weighted by molar-refractivity contribution is 0.503. The van der Waals surface area contributed by atoms with Crippen LogP contribution in [-0.2, 0) is 13.7 Å². The van der Waals surface area contributed by atoms with Crippen molar-refractivity contribution in [3.8, 4) is 0 Å². The van der Waals surface area contributed by atoms with Crippen molar-refractivity contribution in [3.05, 3.63) is 119 Å². The summed E-state index contributed by atoms with van der Waals surface area (Å²) >= 11 is 0. The van der Waals surface area contributed by atoms with E-state index < -0.39 is 20.4 Å². The van der Waals surface area contributed by atoms with Crippen LogP contribution in [0.4, 0.5) is 0 Å². The van der Waals surface area contributed by atoms with Crippen molar-refractivity contribution in [2.75, 3.05) is 0 Å². The molecule has 0 unspecified atom stereocenters. The monoisotopic (exact) mass is 560 g/mol. The van der Waals surface area contributed by atoms with Crippen LogP contribution < -0.4 is 0 Å². The predicted octanol–water partition coefficient (Wildman–Crippen LogP) is 9.97. The van der Waals surface area contributed by atoms with Gasteiger partial charge in [0.15, 0.2) is 0 Å². The van der Waals surface area contributed by atoms with Gasteiger partial charge < -0.3 is 0 Å². The Hall–Kier alpha value is -2.86. The van der Waals surface area contributed by atoms with Gasteiger partial charge in [0.1, 0.15) is 4.90 Å². The summed E-state index contributed by atoms with van der Waals surface area (Å²) in [5.74, 6) is 0.294. The normalized spacial score (nSPS) is 12.9. The van der Waals surface area contributed by atoms with E-state index in [4.69, 9.17) is 3.63 Å². The maximum Gasteiger partial charge on any atom is 0.307 e. The van der Waals surface area contributed by atoms with Gasteiger partial charge in [-0.2, -0.15) is 8.42 Å². The third kappa shape index (κ3) is 5.86. The average molecular weight is 561 g/mol. The SMILES string of the molecule is Cc1ccc(S(OS(=O)(=O)c2c(C(C)C)cc(C(C)C)cc2C(C)C)(c2ccccc2)c2ccccc2)cc1. The molecule has 4 rings (SSSR count). The second-order valence-corrected chi connectivity index (χ2v) is 15.4. The highest BCUT2D eigenvalue weighted by Gasteiger charge is 2.40. The zero-order chi connectivity index (χ0) is 28.4. The molecular formula is C34H40O3S2. The predicted molar refractivity (Wildman–Crippen MR) is 163 cm³/mol. The van der Waals surface area contributed by atoms with Crippen LogP contribution in [0.2, 0.25) is 0 Å². The minimum atomic E-state index is -4.23. The van der Waals surface area contributed by atoms with E-state index >= 15 is 0 Å². The van der Waals surface area contributed by atoms with E-state index in [1.54, 1.807) is 0 Å². The molecule has 0 radical (unpaired) electrons. The summed E-state index contributed by atoms with van der Waals surface area (Å²) in [4.78, 5) is 2.82. The first kappa shape index (κ1) is 29.1.